The third-order valence-corrected chi connectivity index (χ3v) is 4.79. The van der Waals surface area contributed by atoms with Gasteiger partial charge in [-0.1, -0.05) is 36.4 Å². The van der Waals surface area contributed by atoms with Crippen LogP contribution >= 0.6 is 0 Å². The third kappa shape index (κ3) is 4.06. The van der Waals surface area contributed by atoms with Crippen LogP contribution in [0.1, 0.15) is 36.7 Å². The lowest BCUT2D eigenvalue weighted by Gasteiger charge is -2.51. The Balaban J connectivity index is 2.40. The van der Waals surface area contributed by atoms with Crippen LogP contribution in [-0.2, 0) is 18.9 Å². The number of allylic oxidation sites excluding steroid dienone is 1. The molecule has 7 heteroatoms. The molecule has 148 valence electrons. The van der Waals surface area contributed by atoms with Gasteiger partial charge < -0.3 is 29.2 Å². The second-order valence-electron chi connectivity index (χ2n) is 6.40. The quantitative estimate of drug-likeness (QED) is 0.734. The largest absolute Gasteiger partial charge is 0.507 e. The first-order valence-electron chi connectivity index (χ1n) is 8.53. The fourth-order valence-corrected chi connectivity index (χ4v) is 2.95. The predicted octanol–water partition coefficient (Wildman–Crippen LogP) is 3.19. The molecule has 2 rings (SSSR count). The van der Waals surface area contributed by atoms with E-state index in [0.717, 1.165) is 0 Å². The zero-order valence-electron chi connectivity index (χ0n) is 16.1. The lowest BCUT2D eigenvalue weighted by molar-refractivity contribution is -0.436. The molecule has 0 saturated carbocycles. The van der Waals surface area contributed by atoms with Crippen LogP contribution in [0.5, 0.6) is 5.75 Å². The Morgan fingerprint density at radius 3 is 2.15 bits per heavy atom. The van der Waals surface area contributed by atoms with E-state index in [-0.39, 0.29) is 11.3 Å². The zero-order valence-corrected chi connectivity index (χ0v) is 16.1. The van der Waals surface area contributed by atoms with Crippen LogP contribution in [0.25, 0.3) is 6.08 Å². The second kappa shape index (κ2) is 8.22. The van der Waals surface area contributed by atoms with Crippen molar-refractivity contribution in [3.05, 3.63) is 47.6 Å². The van der Waals surface area contributed by atoms with Crippen LogP contribution in [0.15, 0.2) is 36.4 Å². The van der Waals surface area contributed by atoms with Gasteiger partial charge in [0.25, 0.3) is 0 Å². The third-order valence-electron chi connectivity index (χ3n) is 4.79. The SMILES string of the molecule is C/C=C/[C@@H]1O[C@@](C)(OC)[C@](C)(OC)O[C@H]1/C=C/c1cccc(O)c1C(=O)O. The Bertz CT molecular complexity index is 742. The van der Waals surface area contributed by atoms with E-state index in [1.54, 1.807) is 38.1 Å². The first kappa shape index (κ1) is 21.1. The second-order valence-corrected chi connectivity index (χ2v) is 6.40. The minimum Gasteiger partial charge on any atom is -0.507 e. The van der Waals surface area contributed by atoms with Gasteiger partial charge in [-0.2, -0.15) is 0 Å². The summed E-state index contributed by atoms with van der Waals surface area (Å²) in [7, 11) is 3.00. The highest BCUT2D eigenvalue weighted by atomic mass is 16.8. The fraction of sp³-hybridized carbons (Fsp3) is 0.450. The van der Waals surface area contributed by atoms with Gasteiger partial charge in [-0.05, 0) is 32.4 Å². The van der Waals surface area contributed by atoms with Crippen molar-refractivity contribution in [2.24, 2.45) is 0 Å². The summed E-state index contributed by atoms with van der Waals surface area (Å²) in [4.78, 5) is 11.4. The van der Waals surface area contributed by atoms with Crippen molar-refractivity contribution in [3.8, 4) is 5.75 Å². The average Bonchev–Trinajstić information content (AvgIpc) is 2.63. The lowest BCUT2D eigenvalue weighted by Crippen LogP contribution is -2.64. The number of aromatic hydroxyl groups is 1. The van der Waals surface area contributed by atoms with Crippen LogP contribution < -0.4 is 0 Å². The molecule has 2 N–H and O–H groups in total. The van der Waals surface area contributed by atoms with Gasteiger partial charge in [-0.25, -0.2) is 4.79 Å². The van der Waals surface area contributed by atoms with Gasteiger partial charge >= 0.3 is 5.97 Å². The number of hydrogen-bond acceptors (Lipinski definition) is 6. The number of ether oxygens (including phenoxy) is 4. The highest BCUT2D eigenvalue weighted by Crippen LogP contribution is 2.40. The highest BCUT2D eigenvalue weighted by Gasteiger charge is 2.55. The van der Waals surface area contributed by atoms with Crippen LogP contribution in [0.2, 0.25) is 0 Å². The molecule has 0 amide bonds. The van der Waals surface area contributed by atoms with E-state index in [4.69, 9.17) is 18.9 Å². The van der Waals surface area contributed by atoms with Gasteiger partial charge in [0.2, 0.25) is 11.6 Å². The van der Waals surface area contributed by atoms with Gasteiger partial charge in [0.05, 0.1) is 0 Å². The van der Waals surface area contributed by atoms with Gasteiger partial charge in [-0.15, -0.1) is 0 Å². The fourth-order valence-electron chi connectivity index (χ4n) is 2.95. The Labute approximate surface area is 158 Å². The molecule has 0 aromatic heterocycles. The standard InChI is InChI=1S/C20H26O7/c1-6-8-15-16(27-20(3,25-5)19(2,24-4)26-15)12-11-13-9-7-10-14(21)17(13)18(22)23/h6-12,15-16,21H,1-5H3,(H,22,23)/b8-6+,12-11+/t15-,16-,19+,20+/m0/s1. The van der Waals surface area contributed by atoms with Crippen LogP contribution in [0, 0.1) is 0 Å². The van der Waals surface area contributed by atoms with E-state index < -0.39 is 29.8 Å². The Morgan fingerprint density at radius 2 is 1.67 bits per heavy atom. The molecule has 1 aromatic rings. The first-order valence-corrected chi connectivity index (χ1v) is 8.53. The lowest BCUT2D eigenvalue weighted by atomic mass is 10.0. The Hall–Kier alpha value is -2.19. The summed E-state index contributed by atoms with van der Waals surface area (Å²) in [5.41, 5.74) is 0.175. The van der Waals surface area contributed by atoms with Crippen molar-refractivity contribution in [2.75, 3.05) is 14.2 Å². The Morgan fingerprint density at radius 1 is 1.11 bits per heavy atom. The van der Waals surface area contributed by atoms with Gasteiger partial charge in [0.15, 0.2) is 0 Å². The molecule has 0 bridgehead atoms. The number of carbonyl (C=O) groups is 1. The van der Waals surface area contributed by atoms with E-state index in [9.17, 15) is 15.0 Å². The summed E-state index contributed by atoms with van der Waals surface area (Å²) in [6.45, 7) is 5.29. The molecular formula is C20H26O7. The normalized spacial score (nSPS) is 31.6. The number of methoxy groups -OCH3 is 2. The summed E-state index contributed by atoms with van der Waals surface area (Å²) >= 11 is 0. The van der Waals surface area contributed by atoms with E-state index in [1.807, 2.05) is 19.1 Å². The van der Waals surface area contributed by atoms with Crippen molar-refractivity contribution in [2.45, 2.75) is 44.6 Å². The van der Waals surface area contributed by atoms with E-state index >= 15 is 0 Å². The maximum Gasteiger partial charge on any atom is 0.340 e. The van der Waals surface area contributed by atoms with Crippen molar-refractivity contribution < 1.29 is 34.0 Å². The van der Waals surface area contributed by atoms with E-state index in [2.05, 4.69) is 0 Å². The molecule has 0 radical (unpaired) electrons. The van der Waals surface area contributed by atoms with Crippen molar-refractivity contribution >= 4 is 12.0 Å². The summed E-state index contributed by atoms with van der Waals surface area (Å²) in [5.74, 6) is -3.85. The topological polar surface area (TPSA) is 94.5 Å². The van der Waals surface area contributed by atoms with Crippen molar-refractivity contribution in [3.63, 3.8) is 0 Å². The molecule has 1 aliphatic heterocycles. The Kier molecular flexibility index (Phi) is 6.43. The molecule has 0 spiro atoms. The average molecular weight is 378 g/mol. The number of rotatable bonds is 6. The summed E-state index contributed by atoms with van der Waals surface area (Å²) < 4.78 is 23.2. The maximum absolute atomic E-state index is 11.4. The molecule has 7 nitrogen and oxygen atoms in total. The number of phenols is 1. The molecule has 1 aliphatic rings. The van der Waals surface area contributed by atoms with Crippen LogP contribution in [0.3, 0.4) is 0 Å². The summed E-state index contributed by atoms with van der Waals surface area (Å²) in [5, 5.41) is 19.2. The predicted molar refractivity (Wildman–Crippen MR) is 99.5 cm³/mol. The van der Waals surface area contributed by atoms with Crippen LogP contribution in [-0.4, -0.2) is 54.2 Å². The molecule has 4 atom stereocenters. The number of aromatic carboxylic acids is 1. The molecule has 1 fully saturated rings. The highest BCUT2D eigenvalue weighted by molar-refractivity contribution is 5.95. The number of benzene rings is 1. The van der Waals surface area contributed by atoms with Crippen molar-refractivity contribution in [1.82, 2.24) is 0 Å². The zero-order chi connectivity index (χ0) is 20.2. The molecule has 0 aliphatic carbocycles. The number of hydrogen-bond donors (Lipinski definition) is 2. The summed E-state index contributed by atoms with van der Waals surface area (Å²) in [6.07, 6.45) is 5.86. The molecule has 1 heterocycles. The molecular weight excluding hydrogens is 352 g/mol. The van der Waals surface area contributed by atoms with Gasteiger partial charge in [0.1, 0.15) is 23.5 Å². The molecule has 1 saturated heterocycles. The number of carboxylic acid groups (broad SMARTS) is 1. The van der Waals surface area contributed by atoms with E-state index in [1.165, 1.54) is 20.3 Å². The van der Waals surface area contributed by atoms with Crippen molar-refractivity contribution in [1.29, 1.82) is 0 Å². The molecule has 0 unspecified atom stereocenters. The smallest absolute Gasteiger partial charge is 0.340 e. The minimum atomic E-state index is -1.22. The minimum absolute atomic E-state index is 0.177. The van der Waals surface area contributed by atoms with Gasteiger partial charge in [0, 0.05) is 14.2 Å². The van der Waals surface area contributed by atoms with E-state index in [0.29, 0.717) is 5.56 Å². The first-order chi connectivity index (χ1) is 12.7. The number of carboxylic acids is 1. The summed E-state index contributed by atoms with van der Waals surface area (Å²) in [6, 6.07) is 4.50. The van der Waals surface area contributed by atoms with Crippen LogP contribution in [0.4, 0.5) is 0 Å². The molecule has 27 heavy (non-hydrogen) atoms. The molecule has 1 aromatic carbocycles. The van der Waals surface area contributed by atoms with Gasteiger partial charge in [-0.3, -0.25) is 0 Å². The maximum atomic E-state index is 11.4. The monoisotopic (exact) mass is 378 g/mol.